The van der Waals surface area contributed by atoms with Crippen molar-refractivity contribution < 1.29 is 27.5 Å². The average Bonchev–Trinajstić information content (AvgIpc) is 3.53. The number of nitrogens with one attached hydrogen (secondary N) is 1. The minimum Gasteiger partial charge on any atom is -0.495 e. The Morgan fingerprint density at radius 1 is 1.14 bits per heavy atom. The Morgan fingerprint density at radius 3 is 2.74 bits per heavy atom. The van der Waals surface area contributed by atoms with Gasteiger partial charge in [0.15, 0.2) is 0 Å². The second-order valence-corrected chi connectivity index (χ2v) is 11.4. The van der Waals surface area contributed by atoms with Gasteiger partial charge < -0.3 is 14.3 Å². The molecule has 2 aromatic carbocycles. The Hall–Kier alpha value is -2.84. The molecule has 0 radical (unpaired) electrons. The number of furan rings is 1. The van der Waals surface area contributed by atoms with Crippen molar-refractivity contribution in [3.8, 4) is 5.75 Å². The highest BCUT2D eigenvalue weighted by Gasteiger charge is 2.48. The molecule has 2 aliphatic rings. The SMILES string of the molecule is COc1cc2c(cc1S(=O)(=O)N[C@@H]1[C@H]3CC[C@H](C3)[C@H]1C/C=C\CCCC(=O)O)oc1ccccc12. The molecule has 4 atom stereocenters. The van der Waals surface area contributed by atoms with Crippen LogP contribution in [0.3, 0.4) is 0 Å². The lowest BCUT2D eigenvalue weighted by molar-refractivity contribution is -0.137. The van der Waals surface area contributed by atoms with Gasteiger partial charge >= 0.3 is 5.97 Å². The molecule has 1 heterocycles. The van der Waals surface area contributed by atoms with Crippen molar-refractivity contribution in [2.75, 3.05) is 7.11 Å². The molecule has 2 fully saturated rings. The number of sulfonamides is 1. The highest BCUT2D eigenvalue weighted by Crippen LogP contribution is 2.50. The zero-order valence-electron chi connectivity index (χ0n) is 19.8. The number of aliphatic carboxylic acids is 1. The van der Waals surface area contributed by atoms with Crippen molar-refractivity contribution in [1.29, 1.82) is 0 Å². The van der Waals surface area contributed by atoms with Crippen LogP contribution in [0.25, 0.3) is 21.9 Å². The van der Waals surface area contributed by atoms with Gasteiger partial charge in [-0.2, -0.15) is 0 Å². The van der Waals surface area contributed by atoms with Gasteiger partial charge in [-0.25, -0.2) is 13.1 Å². The van der Waals surface area contributed by atoms with E-state index in [2.05, 4.69) is 10.8 Å². The van der Waals surface area contributed by atoms with Crippen molar-refractivity contribution in [1.82, 2.24) is 4.72 Å². The monoisotopic (exact) mass is 497 g/mol. The molecule has 2 bridgehead atoms. The van der Waals surface area contributed by atoms with Crippen molar-refractivity contribution in [3.63, 3.8) is 0 Å². The second kappa shape index (κ2) is 9.66. The smallest absolute Gasteiger partial charge is 0.303 e. The van der Waals surface area contributed by atoms with E-state index in [-0.39, 0.29) is 23.3 Å². The molecule has 0 aliphatic heterocycles. The van der Waals surface area contributed by atoms with Crippen molar-refractivity contribution in [2.45, 2.75) is 55.9 Å². The predicted octanol–water partition coefficient (Wildman–Crippen LogP) is 5.49. The number of allylic oxidation sites excluding steroid dienone is 2. The van der Waals surface area contributed by atoms with Gasteiger partial charge in [-0.05, 0) is 68.4 Å². The summed E-state index contributed by atoms with van der Waals surface area (Å²) >= 11 is 0. The Balaban J connectivity index is 1.37. The van der Waals surface area contributed by atoms with Gasteiger partial charge in [0.25, 0.3) is 0 Å². The zero-order chi connectivity index (χ0) is 24.6. The van der Waals surface area contributed by atoms with Crippen LogP contribution in [0.5, 0.6) is 5.75 Å². The highest BCUT2D eigenvalue weighted by molar-refractivity contribution is 7.89. The minimum absolute atomic E-state index is 0.0947. The molecule has 5 rings (SSSR count). The van der Waals surface area contributed by atoms with E-state index in [1.807, 2.05) is 30.3 Å². The van der Waals surface area contributed by atoms with E-state index < -0.39 is 16.0 Å². The molecule has 2 N–H and O–H groups in total. The minimum atomic E-state index is -3.84. The summed E-state index contributed by atoms with van der Waals surface area (Å²) < 4.78 is 41.7. The topological polar surface area (TPSA) is 106 Å². The third-order valence-corrected chi connectivity index (χ3v) is 9.15. The molecular weight excluding hydrogens is 466 g/mol. The third-order valence-electron chi connectivity index (χ3n) is 7.67. The fourth-order valence-electron chi connectivity index (χ4n) is 6.02. The number of hydrogen-bond donors (Lipinski definition) is 2. The second-order valence-electron chi connectivity index (χ2n) is 9.73. The van der Waals surface area contributed by atoms with Gasteiger partial charge in [0, 0.05) is 29.3 Å². The summed E-state index contributed by atoms with van der Waals surface area (Å²) in [6.45, 7) is 0. The van der Waals surface area contributed by atoms with E-state index in [9.17, 15) is 13.2 Å². The van der Waals surface area contributed by atoms with Crippen molar-refractivity contribution in [3.05, 3.63) is 48.6 Å². The number of hydrogen-bond acceptors (Lipinski definition) is 5. The summed E-state index contributed by atoms with van der Waals surface area (Å²) in [6.07, 6.45) is 9.63. The summed E-state index contributed by atoms with van der Waals surface area (Å²) in [4.78, 5) is 10.8. The molecule has 1 aromatic heterocycles. The number of fused-ring (bicyclic) bond motifs is 5. The molecule has 186 valence electrons. The van der Waals surface area contributed by atoms with Gasteiger partial charge in [0.05, 0.1) is 7.11 Å². The van der Waals surface area contributed by atoms with Crippen LogP contribution in [0.1, 0.15) is 44.9 Å². The molecule has 0 amide bonds. The van der Waals surface area contributed by atoms with Gasteiger partial charge in [0.2, 0.25) is 10.0 Å². The van der Waals surface area contributed by atoms with E-state index in [1.54, 1.807) is 12.1 Å². The van der Waals surface area contributed by atoms with Gasteiger partial charge in [-0.1, -0.05) is 30.4 Å². The van der Waals surface area contributed by atoms with Crippen LogP contribution in [0.4, 0.5) is 0 Å². The number of rotatable bonds is 10. The highest BCUT2D eigenvalue weighted by atomic mass is 32.2. The molecule has 3 aromatic rings. The lowest BCUT2D eigenvalue weighted by Crippen LogP contribution is -2.43. The first-order valence-corrected chi connectivity index (χ1v) is 13.7. The van der Waals surface area contributed by atoms with Crippen LogP contribution in [0.15, 0.2) is 57.9 Å². The number of benzene rings is 2. The number of carboxylic acids is 1. The first-order valence-electron chi connectivity index (χ1n) is 12.3. The predicted molar refractivity (Wildman–Crippen MR) is 134 cm³/mol. The Labute approximate surface area is 205 Å². The molecule has 2 aliphatic carbocycles. The molecule has 0 spiro atoms. The zero-order valence-corrected chi connectivity index (χ0v) is 20.6. The average molecular weight is 498 g/mol. The van der Waals surface area contributed by atoms with Crippen molar-refractivity contribution >= 4 is 37.9 Å². The standard InChI is InChI=1S/C27H31NO6S/c1-33-24-15-21-20-9-6-7-10-22(20)34-23(21)16-25(24)35(31,32)28-27-18-13-12-17(14-18)19(27)8-4-2-3-5-11-26(29)30/h2,4,6-7,9-10,15-19,27-28H,3,5,8,11-14H2,1H3,(H,29,30)/b4-2-/t17-,18+,19-,27-/m1/s1. The largest absolute Gasteiger partial charge is 0.495 e. The first-order chi connectivity index (χ1) is 16.9. The fraction of sp³-hybridized carbons (Fsp3) is 0.444. The Morgan fingerprint density at radius 2 is 1.94 bits per heavy atom. The van der Waals surface area contributed by atoms with E-state index >= 15 is 0 Å². The Kier molecular flexibility index (Phi) is 6.59. The lowest BCUT2D eigenvalue weighted by atomic mass is 9.83. The van der Waals surface area contributed by atoms with Crippen LogP contribution in [0, 0.1) is 17.8 Å². The summed E-state index contributed by atoms with van der Waals surface area (Å²) in [7, 11) is -2.36. The number of para-hydroxylation sites is 1. The molecule has 0 saturated heterocycles. The third kappa shape index (κ3) is 4.69. The van der Waals surface area contributed by atoms with Crippen LogP contribution in [-0.4, -0.2) is 32.6 Å². The van der Waals surface area contributed by atoms with Gasteiger partial charge in [0.1, 0.15) is 21.8 Å². The van der Waals surface area contributed by atoms with Crippen LogP contribution >= 0.6 is 0 Å². The maximum Gasteiger partial charge on any atom is 0.303 e. The summed E-state index contributed by atoms with van der Waals surface area (Å²) in [5.41, 5.74) is 1.22. The van der Waals surface area contributed by atoms with E-state index in [1.165, 1.54) is 7.11 Å². The maximum atomic E-state index is 13.6. The Bertz CT molecular complexity index is 1380. The van der Waals surface area contributed by atoms with Crippen LogP contribution in [-0.2, 0) is 14.8 Å². The first kappa shape index (κ1) is 23.9. The quantitative estimate of drug-likeness (QED) is 0.283. The van der Waals surface area contributed by atoms with Gasteiger partial charge in [-0.3, -0.25) is 4.79 Å². The van der Waals surface area contributed by atoms with Crippen LogP contribution < -0.4 is 9.46 Å². The molecule has 2 saturated carbocycles. The summed E-state index contributed by atoms with van der Waals surface area (Å²) in [5.74, 6) is 0.601. The molecular formula is C27H31NO6S. The molecule has 8 heteroatoms. The number of unbranched alkanes of at least 4 members (excludes halogenated alkanes) is 1. The van der Waals surface area contributed by atoms with Crippen molar-refractivity contribution in [2.24, 2.45) is 17.8 Å². The van der Waals surface area contributed by atoms with E-state index in [0.717, 1.165) is 42.9 Å². The number of carboxylic acid groups (broad SMARTS) is 1. The number of ether oxygens (including phenoxy) is 1. The summed E-state index contributed by atoms with van der Waals surface area (Å²) in [5, 5.41) is 10.5. The molecule has 7 nitrogen and oxygen atoms in total. The van der Waals surface area contributed by atoms with Gasteiger partial charge in [-0.15, -0.1) is 0 Å². The summed E-state index contributed by atoms with van der Waals surface area (Å²) in [6, 6.07) is 10.8. The fourth-order valence-corrected chi connectivity index (χ4v) is 7.54. The lowest BCUT2D eigenvalue weighted by Gasteiger charge is -2.31. The molecule has 35 heavy (non-hydrogen) atoms. The van der Waals surface area contributed by atoms with Crippen LogP contribution in [0.2, 0.25) is 0 Å². The molecule has 0 unspecified atom stereocenters. The number of carbonyl (C=O) groups is 1. The van der Waals surface area contributed by atoms with E-state index in [0.29, 0.717) is 35.2 Å². The van der Waals surface area contributed by atoms with E-state index in [4.69, 9.17) is 14.3 Å². The normalized spacial score (nSPS) is 24.1. The number of methoxy groups -OCH3 is 1. The maximum absolute atomic E-state index is 13.6.